The van der Waals surface area contributed by atoms with Crippen LogP contribution in [0, 0.1) is 0 Å². The maximum absolute atomic E-state index is 11.8. The van der Waals surface area contributed by atoms with Crippen molar-refractivity contribution >= 4 is 11.6 Å². The van der Waals surface area contributed by atoms with Gasteiger partial charge < -0.3 is 20.5 Å². The first kappa shape index (κ1) is 14.3. The number of nitrogens with two attached hydrogens (primary N) is 1. The number of carbonyl (C=O) groups is 1. The molecule has 0 saturated heterocycles. The molecule has 0 saturated carbocycles. The zero-order chi connectivity index (χ0) is 13.4. The van der Waals surface area contributed by atoms with Crippen molar-refractivity contribution in [1.29, 1.82) is 0 Å². The van der Waals surface area contributed by atoms with E-state index in [0.717, 1.165) is 12.8 Å². The summed E-state index contributed by atoms with van der Waals surface area (Å²) >= 11 is 0. The van der Waals surface area contributed by atoms with Crippen LogP contribution in [0.3, 0.4) is 0 Å². The molecule has 0 bridgehead atoms. The van der Waals surface area contributed by atoms with Crippen molar-refractivity contribution < 1.29 is 14.3 Å². The molecular weight excluding hydrogens is 232 g/mol. The van der Waals surface area contributed by atoms with Crippen LogP contribution in [-0.2, 0) is 4.74 Å². The number of carbonyl (C=O) groups excluding carboxylic acids is 1. The Bertz CT molecular complexity index is 394. The van der Waals surface area contributed by atoms with E-state index in [0.29, 0.717) is 30.2 Å². The van der Waals surface area contributed by atoms with Crippen LogP contribution in [0.25, 0.3) is 0 Å². The van der Waals surface area contributed by atoms with Gasteiger partial charge in [-0.25, -0.2) is 0 Å². The number of rotatable bonds is 7. The van der Waals surface area contributed by atoms with Gasteiger partial charge in [0, 0.05) is 25.8 Å². The highest BCUT2D eigenvalue weighted by Crippen LogP contribution is 2.21. The molecule has 1 rings (SSSR count). The normalized spacial score (nSPS) is 10.1. The summed E-state index contributed by atoms with van der Waals surface area (Å²) in [6.07, 6.45) is 1.83. The SMILES string of the molecule is COCCCCNC(=O)c1ccc(OC)c(N)c1. The minimum Gasteiger partial charge on any atom is -0.495 e. The summed E-state index contributed by atoms with van der Waals surface area (Å²) < 4.78 is 9.97. The second-order valence-electron chi connectivity index (χ2n) is 3.91. The molecule has 0 fully saturated rings. The molecule has 18 heavy (non-hydrogen) atoms. The number of nitrogens with one attached hydrogen (secondary N) is 1. The highest BCUT2D eigenvalue weighted by atomic mass is 16.5. The molecule has 0 aromatic heterocycles. The first-order valence-electron chi connectivity index (χ1n) is 5.89. The number of methoxy groups -OCH3 is 2. The van der Waals surface area contributed by atoms with Gasteiger partial charge in [-0.2, -0.15) is 0 Å². The Balaban J connectivity index is 2.44. The smallest absolute Gasteiger partial charge is 0.251 e. The van der Waals surface area contributed by atoms with E-state index in [-0.39, 0.29) is 5.91 Å². The molecule has 1 aromatic carbocycles. The monoisotopic (exact) mass is 252 g/mol. The van der Waals surface area contributed by atoms with Gasteiger partial charge in [-0.1, -0.05) is 0 Å². The van der Waals surface area contributed by atoms with Crippen molar-refractivity contribution in [1.82, 2.24) is 5.32 Å². The molecule has 5 nitrogen and oxygen atoms in total. The van der Waals surface area contributed by atoms with E-state index in [1.165, 1.54) is 0 Å². The molecule has 0 heterocycles. The summed E-state index contributed by atoms with van der Waals surface area (Å²) in [7, 11) is 3.21. The van der Waals surface area contributed by atoms with Crippen LogP contribution < -0.4 is 15.8 Å². The average Bonchev–Trinajstić information content (AvgIpc) is 2.38. The lowest BCUT2D eigenvalue weighted by Crippen LogP contribution is -2.24. The van der Waals surface area contributed by atoms with Gasteiger partial charge in [0.15, 0.2) is 0 Å². The van der Waals surface area contributed by atoms with E-state index >= 15 is 0 Å². The van der Waals surface area contributed by atoms with Gasteiger partial charge in [0.05, 0.1) is 12.8 Å². The lowest BCUT2D eigenvalue weighted by Gasteiger charge is -2.08. The van der Waals surface area contributed by atoms with Crippen LogP contribution in [0.15, 0.2) is 18.2 Å². The Morgan fingerprint density at radius 1 is 1.33 bits per heavy atom. The fraction of sp³-hybridized carbons (Fsp3) is 0.462. The maximum atomic E-state index is 11.8. The summed E-state index contributed by atoms with van der Waals surface area (Å²) in [5, 5.41) is 2.83. The number of nitrogen functional groups attached to an aromatic ring is 1. The molecule has 5 heteroatoms. The third-order valence-electron chi connectivity index (χ3n) is 2.55. The molecule has 0 aliphatic carbocycles. The molecule has 1 aromatic rings. The standard InChI is InChI=1S/C13H20N2O3/c1-17-8-4-3-7-15-13(16)10-5-6-12(18-2)11(14)9-10/h5-6,9H,3-4,7-8,14H2,1-2H3,(H,15,16). The Hall–Kier alpha value is -1.75. The van der Waals surface area contributed by atoms with Crippen molar-refractivity contribution in [3.63, 3.8) is 0 Å². The Kier molecular flexibility index (Phi) is 6.00. The van der Waals surface area contributed by atoms with E-state index < -0.39 is 0 Å². The molecule has 0 unspecified atom stereocenters. The van der Waals surface area contributed by atoms with Gasteiger partial charge in [0.1, 0.15) is 5.75 Å². The average molecular weight is 252 g/mol. The molecule has 0 atom stereocenters. The quantitative estimate of drug-likeness (QED) is 0.569. The molecule has 100 valence electrons. The summed E-state index contributed by atoms with van der Waals surface area (Å²) in [4.78, 5) is 11.8. The molecule has 0 aliphatic rings. The lowest BCUT2D eigenvalue weighted by atomic mass is 10.1. The molecule has 1 amide bonds. The van der Waals surface area contributed by atoms with Crippen LogP contribution >= 0.6 is 0 Å². The highest BCUT2D eigenvalue weighted by molar-refractivity contribution is 5.95. The summed E-state index contributed by atoms with van der Waals surface area (Å²) in [6, 6.07) is 5.00. The summed E-state index contributed by atoms with van der Waals surface area (Å²) in [5.74, 6) is 0.452. The largest absolute Gasteiger partial charge is 0.495 e. The molecule has 0 spiro atoms. The number of unbranched alkanes of at least 4 members (excludes halogenated alkanes) is 1. The van der Waals surface area contributed by atoms with Crippen molar-refractivity contribution in [2.45, 2.75) is 12.8 Å². The van der Waals surface area contributed by atoms with Crippen LogP contribution in [0.5, 0.6) is 5.75 Å². The van der Waals surface area contributed by atoms with E-state index in [2.05, 4.69) is 5.32 Å². The van der Waals surface area contributed by atoms with E-state index in [4.69, 9.17) is 15.2 Å². The second-order valence-corrected chi connectivity index (χ2v) is 3.91. The van der Waals surface area contributed by atoms with Crippen molar-refractivity contribution in [2.75, 3.05) is 33.1 Å². The van der Waals surface area contributed by atoms with Crippen LogP contribution in [0.1, 0.15) is 23.2 Å². The maximum Gasteiger partial charge on any atom is 0.251 e. The van der Waals surface area contributed by atoms with Crippen LogP contribution in [0.4, 0.5) is 5.69 Å². The van der Waals surface area contributed by atoms with Crippen molar-refractivity contribution in [2.24, 2.45) is 0 Å². The zero-order valence-corrected chi connectivity index (χ0v) is 10.9. The lowest BCUT2D eigenvalue weighted by molar-refractivity contribution is 0.0951. The number of hydrogen-bond acceptors (Lipinski definition) is 4. The second kappa shape index (κ2) is 7.55. The predicted molar refractivity (Wildman–Crippen MR) is 70.8 cm³/mol. The number of ether oxygens (including phenoxy) is 2. The fourth-order valence-corrected chi connectivity index (χ4v) is 1.55. The predicted octanol–water partition coefficient (Wildman–Crippen LogP) is 1.43. The number of benzene rings is 1. The van der Waals surface area contributed by atoms with Gasteiger partial charge in [-0.15, -0.1) is 0 Å². The van der Waals surface area contributed by atoms with Gasteiger partial charge in [-0.05, 0) is 31.0 Å². The van der Waals surface area contributed by atoms with Crippen LogP contribution in [-0.4, -0.2) is 33.3 Å². The zero-order valence-electron chi connectivity index (χ0n) is 10.9. The van der Waals surface area contributed by atoms with Crippen molar-refractivity contribution in [3.05, 3.63) is 23.8 Å². The molecular formula is C13H20N2O3. The summed E-state index contributed by atoms with van der Waals surface area (Å²) in [6.45, 7) is 1.35. The third kappa shape index (κ3) is 4.25. The first-order valence-corrected chi connectivity index (χ1v) is 5.89. The Labute approximate surface area is 107 Å². The molecule has 0 radical (unpaired) electrons. The third-order valence-corrected chi connectivity index (χ3v) is 2.55. The fourth-order valence-electron chi connectivity index (χ4n) is 1.55. The first-order chi connectivity index (χ1) is 8.69. The molecule has 0 aliphatic heterocycles. The Morgan fingerprint density at radius 3 is 2.72 bits per heavy atom. The van der Waals surface area contributed by atoms with Crippen LogP contribution in [0.2, 0.25) is 0 Å². The molecule has 3 N–H and O–H groups in total. The van der Waals surface area contributed by atoms with Gasteiger partial charge >= 0.3 is 0 Å². The number of hydrogen-bond donors (Lipinski definition) is 2. The minimum absolute atomic E-state index is 0.123. The van der Waals surface area contributed by atoms with E-state index in [9.17, 15) is 4.79 Å². The highest BCUT2D eigenvalue weighted by Gasteiger charge is 2.07. The Morgan fingerprint density at radius 2 is 2.11 bits per heavy atom. The van der Waals surface area contributed by atoms with Crippen molar-refractivity contribution in [3.8, 4) is 5.75 Å². The number of amides is 1. The topological polar surface area (TPSA) is 73.6 Å². The van der Waals surface area contributed by atoms with E-state index in [1.54, 1.807) is 32.4 Å². The van der Waals surface area contributed by atoms with E-state index in [1.807, 2.05) is 0 Å². The minimum atomic E-state index is -0.123. The number of anilines is 1. The van der Waals surface area contributed by atoms with Gasteiger partial charge in [0.25, 0.3) is 5.91 Å². The summed E-state index contributed by atoms with van der Waals surface area (Å²) in [5.41, 5.74) is 6.75. The van der Waals surface area contributed by atoms with Gasteiger partial charge in [0.2, 0.25) is 0 Å². The van der Waals surface area contributed by atoms with Gasteiger partial charge in [-0.3, -0.25) is 4.79 Å².